The highest BCUT2D eigenvalue weighted by Crippen LogP contribution is 2.27. The molecule has 1 saturated heterocycles. The molecule has 1 aromatic rings. The van der Waals surface area contributed by atoms with Crippen LogP contribution in [0.1, 0.15) is 25.3 Å². The number of hydrogen-bond acceptors (Lipinski definition) is 6. The van der Waals surface area contributed by atoms with Crippen molar-refractivity contribution in [3.63, 3.8) is 0 Å². The van der Waals surface area contributed by atoms with Gasteiger partial charge in [0, 0.05) is 18.6 Å². The van der Waals surface area contributed by atoms with Crippen LogP contribution in [0, 0.1) is 5.92 Å². The second-order valence-electron chi connectivity index (χ2n) is 6.22. The van der Waals surface area contributed by atoms with Crippen LogP contribution in [0.15, 0.2) is 23.3 Å². The average Bonchev–Trinajstić information content (AvgIpc) is 2.91. The number of amides is 1. The van der Waals surface area contributed by atoms with Crippen molar-refractivity contribution in [3.05, 3.63) is 23.8 Å². The molecule has 0 aliphatic carbocycles. The van der Waals surface area contributed by atoms with Gasteiger partial charge in [0.05, 0.1) is 25.7 Å². The van der Waals surface area contributed by atoms with E-state index in [9.17, 15) is 13.2 Å². The van der Waals surface area contributed by atoms with Crippen molar-refractivity contribution in [2.24, 2.45) is 11.0 Å². The van der Waals surface area contributed by atoms with E-state index in [1.807, 2.05) is 25.1 Å². The summed E-state index contributed by atoms with van der Waals surface area (Å²) in [6.45, 7) is 1.82. The lowest BCUT2D eigenvalue weighted by Gasteiger charge is -2.10. The lowest BCUT2D eigenvalue weighted by molar-refractivity contribution is -0.121. The Morgan fingerprint density at radius 2 is 2.00 bits per heavy atom. The second-order valence-corrected chi connectivity index (χ2v) is 8.45. The first-order chi connectivity index (χ1) is 11.8. The van der Waals surface area contributed by atoms with Gasteiger partial charge in [-0.3, -0.25) is 4.79 Å². The highest BCUT2D eigenvalue weighted by molar-refractivity contribution is 7.91. The van der Waals surface area contributed by atoms with Crippen molar-refractivity contribution in [2.45, 2.75) is 26.2 Å². The summed E-state index contributed by atoms with van der Waals surface area (Å²) in [6, 6.07) is 5.59. The van der Waals surface area contributed by atoms with Gasteiger partial charge in [-0.15, -0.1) is 0 Å². The Morgan fingerprint density at radius 3 is 2.60 bits per heavy atom. The van der Waals surface area contributed by atoms with Gasteiger partial charge in [-0.25, -0.2) is 13.8 Å². The molecule has 0 radical (unpaired) electrons. The average molecular weight is 368 g/mol. The van der Waals surface area contributed by atoms with E-state index in [0.29, 0.717) is 24.3 Å². The molecule has 0 bridgehead atoms. The van der Waals surface area contributed by atoms with Crippen LogP contribution in [-0.2, 0) is 21.1 Å². The van der Waals surface area contributed by atoms with Crippen molar-refractivity contribution in [2.75, 3.05) is 25.7 Å². The highest BCUT2D eigenvalue weighted by Gasteiger charge is 2.29. The van der Waals surface area contributed by atoms with Crippen LogP contribution in [0.4, 0.5) is 0 Å². The van der Waals surface area contributed by atoms with E-state index in [0.717, 1.165) is 11.3 Å². The normalized spacial score (nSPS) is 19.5. The molecule has 0 aromatic heterocycles. The number of methoxy groups -OCH3 is 2. The van der Waals surface area contributed by atoms with Crippen molar-refractivity contribution in [1.29, 1.82) is 0 Å². The molecular weight excluding hydrogens is 344 g/mol. The molecule has 0 spiro atoms. The van der Waals surface area contributed by atoms with Gasteiger partial charge < -0.3 is 9.47 Å². The standard InChI is InChI=1S/C17H24N2O5S/c1-12(8-13-4-5-15(23-2)16(9-13)24-3)18-19-17(20)10-14-6-7-25(21,22)11-14/h4-5,9,14H,6-8,10-11H2,1-3H3,(H,19,20)/b18-12-/t14-/m0/s1. The predicted octanol–water partition coefficient (Wildman–Crippen LogP) is 1.56. The topological polar surface area (TPSA) is 94.1 Å². The molecular formula is C17H24N2O5S. The van der Waals surface area contributed by atoms with E-state index in [2.05, 4.69) is 10.5 Å². The number of sulfone groups is 1. The molecule has 1 N–H and O–H groups in total. The Labute approximate surface area is 148 Å². The van der Waals surface area contributed by atoms with Gasteiger partial charge in [0.15, 0.2) is 21.3 Å². The van der Waals surface area contributed by atoms with E-state index in [1.165, 1.54) is 0 Å². The highest BCUT2D eigenvalue weighted by atomic mass is 32.2. The lowest BCUT2D eigenvalue weighted by Crippen LogP contribution is -2.23. The smallest absolute Gasteiger partial charge is 0.240 e. The van der Waals surface area contributed by atoms with Gasteiger partial charge in [-0.1, -0.05) is 6.07 Å². The maximum atomic E-state index is 11.9. The summed E-state index contributed by atoms with van der Waals surface area (Å²) < 4.78 is 33.3. The minimum atomic E-state index is -2.96. The van der Waals surface area contributed by atoms with Crippen molar-refractivity contribution < 1.29 is 22.7 Å². The molecule has 1 fully saturated rings. The second kappa shape index (κ2) is 8.33. The number of nitrogens with zero attached hydrogens (tertiary/aromatic N) is 1. The van der Waals surface area contributed by atoms with Crippen LogP contribution in [0.2, 0.25) is 0 Å². The molecule has 1 heterocycles. The summed E-state index contributed by atoms with van der Waals surface area (Å²) in [5, 5.41) is 4.09. The first-order valence-electron chi connectivity index (χ1n) is 8.06. The molecule has 0 saturated carbocycles. The first-order valence-corrected chi connectivity index (χ1v) is 9.88. The van der Waals surface area contributed by atoms with Crippen molar-refractivity contribution in [1.82, 2.24) is 5.43 Å². The van der Waals surface area contributed by atoms with E-state index in [4.69, 9.17) is 9.47 Å². The predicted molar refractivity (Wildman–Crippen MR) is 95.9 cm³/mol. The zero-order chi connectivity index (χ0) is 18.4. The molecule has 25 heavy (non-hydrogen) atoms. The first kappa shape index (κ1) is 19.2. The van der Waals surface area contributed by atoms with Crippen LogP contribution >= 0.6 is 0 Å². The molecule has 2 rings (SSSR count). The fourth-order valence-electron chi connectivity index (χ4n) is 2.82. The van der Waals surface area contributed by atoms with Gasteiger partial charge in [0.1, 0.15) is 0 Å². The number of carbonyl (C=O) groups is 1. The molecule has 7 nitrogen and oxygen atoms in total. The molecule has 1 aliphatic rings. The summed E-state index contributed by atoms with van der Waals surface area (Å²) in [4.78, 5) is 11.9. The molecule has 1 atom stereocenters. The minimum Gasteiger partial charge on any atom is -0.493 e. The van der Waals surface area contributed by atoms with Crippen molar-refractivity contribution >= 4 is 21.5 Å². The molecule has 1 aromatic carbocycles. The van der Waals surface area contributed by atoms with Crippen LogP contribution in [0.3, 0.4) is 0 Å². The van der Waals surface area contributed by atoms with E-state index in [-0.39, 0.29) is 29.8 Å². The molecule has 1 amide bonds. The van der Waals surface area contributed by atoms with Gasteiger partial charge in [0.2, 0.25) is 5.91 Å². The van der Waals surface area contributed by atoms with Crippen molar-refractivity contribution in [3.8, 4) is 11.5 Å². The third kappa shape index (κ3) is 5.74. The van der Waals surface area contributed by atoms with Crippen LogP contribution in [0.5, 0.6) is 11.5 Å². The molecule has 8 heteroatoms. The van der Waals surface area contributed by atoms with E-state index in [1.54, 1.807) is 14.2 Å². The largest absolute Gasteiger partial charge is 0.493 e. The maximum Gasteiger partial charge on any atom is 0.240 e. The zero-order valence-corrected chi connectivity index (χ0v) is 15.6. The number of ether oxygens (including phenoxy) is 2. The fraction of sp³-hybridized carbons (Fsp3) is 0.529. The SMILES string of the molecule is COc1ccc(C/C(C)=N\NC(=O)C[C@@H]2CCS(=O)(=O)C2)cc1OC. The van der Waals surface area contributed by atoms with E-state index < -0.39 is 9.84 Å². The molecule has 0 unspecified atom stereocenters. The third-order valence-corrected chi connectivity index (χ3v) is 5.92. The maximum absolute atomic E-state index is 11.9. The quantitative estimate of drug-likeness (QED) is 0.582. The van der Waals surface area contributed by atoms with Crippen LogP contribution < -0.4 is 14.9 Å². The number of benzene rings is 1. The monoisotopic (exact) mass is 368 g/mol. The third-order valence-electron chi connectivity index (χ3n) is 4.08. The Morgan fingerprint density at radius 1 is 1.28 bits per heavy atom. The molecule has 1 aliphatic heterocycles. The summed E-state index contributed by atoms with van der Waals surface area (Å²) >= 11 is 0. The summed E-state index contributed by atoms with van der Waals surface area (Å²) in [5.74, 6) is 1.20. The fourth-order valence-corrected chi connectivity index (χ4v) is 4.69. The number of hydrazone groups is 1. The van der Waals surface area contributed by atoms with E-state index >= 15 is 0 Å². The lowest BCUT2D eigenvalue weighted by atomic mass is 10.1. The number of rotatable bonds is 7. The summed E-state index contributed by atoms with van der Waals surface area (Å²) in [5.41, 5.74) is 4.22. The van der Waals surface area contributed by atoms with Gasteiger partial charge >= 0.3 is 0 Å². The summed E-state index contributed by atoms with van der Waals surface area (Å²) in [6.07, 6.45) is 1.29. The zero-order valence-electron chi connectivity index (χ0n) is 14.7. The Bertz CT molecular complexity index is 758. The number of hydrogen-bond donors (Lipinski definition) is 1. The number of nitrogens with one attached hydrogen (secondary N) is 1. The van der Waals surface area contributed by atoms with Crippen LogP contribution in [-0.4, -0.2) is 45.8 Å². The van der Waals surface area contributed by atoms with Gasteiger partial charge in [-0.2, -0.15) is 5.10 Å². The Hall–Kier alpha value is -2.09. The Kier molecular flexibility index (Phi) is 6.41. The van der Waals surface area contributed by atoms with Gasteiger partial charge in [0.25, 0.3) is 0 Å². The van der Waals surface area contributed by atoms with Gasteiger partial charge in [-0.05, 0) is 37.0 Å². The summed E-state index contributed by atoms with van der Waals surface area (Å²) in [7, 11) is 0.191. The van der Waals surface area contributed by atoms with Crippen LogP contribution in [0.25, 0.3) is 0 Å². The number of carbonyl (C=O) groups excluding carboxylic acids is 1. The molecule has 138 valence electrons. The Balaban J connectivity index is 1.88. The minimum absolute atomic E-state index is 0.0920.